The SMILES string of the molecule is Cc1c(NS(=O)(=O)c2ccc(CCCCC3CCN(C)CC3)cc2)c(Cc2ccccc2)nn1C. The van der Waals surface area contributed by atoms with E-state index in [4.69, 9.17) is 0 Å². The Morgan fingerprint density at radius 3 is 2.31 bits per heavy atom. The van der Waals surface area contributed by atoms with E-state index in [1.807, 2.05) is 56.4 Å². The van der Waals surface area contributed by atoms with Crippen LogP contribution >= 0.6 is 0 Å². The summed E-state index contributed by atoms with van der Waals surface area (Å²) in [6.07, 6.45) is 7.88. The zero-order chi connectivity index (χ0) is 24.8. The van der Waals surface area contributed by atoms with Crippen LogP contribution in [0, 0.1) is 12.8 Å². The summed E-state index contributed by atoms with van der Waals surface area (Å²) in [6.45, 7) is 4.33. The van der Waals surface area contributed by atoms with E-state index >= 15 is 0 Å². The van der Waals surface area contributed by atoms with Crippen LogP contribution < -0.4 is 4.72 Å². The molecule has 0 unspecified atom stereocenters. The van der Waals surface area contributed by atoms with Crippen molar-refractivity contribution in [1.82, 2.24) is 14.7 Å². The normalized spacial score (nSPS) is 15.4. The maximum absolute atomic E-state index is 13.2. The number of nitrogens with zero attached hydrogens (tertiary/aromatic N) is 3. The van der Waals surface area contributed by atoms with Crippen molar-refractivity contribution >= 4 is 15.7 Å². The van der Waals surface area contributed by atoms with E-state index in [0.717, 1.165) is 35.7 Å². The number of hydrogen-bond acceptors (Lipinski definition) is 4. The zero-order valence-corrected chi connectivity index (χ0v) is 22.0. The predicted molar refractivity (Wildman–Crippen MR) is 142 cm³/mol. The van der Waals surface area contributed by atoms with Crippen LogP contribution in [0.1, 0.15) is 54.6 Å². The van der Waals surface area contributed by atoms with Gasteiger partial charge in [-0.15, -0.1) is 0 Å². The summed E-state index contributed by atoms with van der Waals surface area (Å²) in [5.74, 6) is 0.868. The highest BCUT2D eigenvalue weighted by Crippen LogP contribution is 2.26. The molecule has 0 amide bonds. The van der Waals surface area contributed by atoms with E-state index in [1.54, 1.807) is 16.8 Å². The van der Waals surface area contributed by atoms with Crippen molar-refractivity contribution in [3.05, 3.63) is 77.1 Å². The maximum Gasteiger partial charge on any atom is 0.262 e. The highest BCUT2D eigenvalue weighted by Gasteiger charge is 2.21. The van der Waals surface area contributed by atoms with Crippen LogP contribution in [0.5, 0.6) is 0 Å². The van der Waals surface area contributed by atoms with Crippen LogP contribution in [-0.4, -0.2) is 43.2 Å². The van der Waals surface area contributed by atoms with Crippen molar-refractivity contribution < 1.29 is 8.42 Å². The Labute approximate surface area is 210 Å². The van der Waals surface area contributed by atoms with Gasteiger partial charge in [0.05, 0.1) is 22.0 Å². The number of likely N-dealkylation sites (tertiary alicyclic amines) is 1. The van der Waals surface area contributed by atoms with E-state index in [0.29, 0.717) is 12.1 Å². The summed E-state index contributed by atoms with van der Waals surface area (Å²) >= 11 is 0. The van der Waals surface area contributed by atoms with Crippen LogP contribution in [0.3, 0.4) is 0 Å². The summed E-state index contributed by atoms with van der Waals surface area (Å²) in [6, 6.07) is 17.3. The first-order valence-electron chi connectivity index (χ1n) is 12.7. The molecule has 1 saturated heterocycles. The van der Waals surface area contributed by atoms with Crippen LogP contribution in [-0.2, 0) is 29.9 Å². The van der Waals surface area contributed by atoms with Crippen molar-refractivity contribution in [2.24, 2.45) is 13.0 Å². The first kappa shape index (κ1) is 25.5. The molecule has 2 aromatic carbocycles. The number of anilines is 1. The van der Waals surface area contributed by atoms with E-state index in [-0.39, 0.29) is 4.90 Å². The molecule has 4 rings (SSSR count). The molecule has 2 heterocycles. The lowest BCUT2D eigenvalue weighted by Crippen LogP contribution is -2.30. The van der Waals surface area contributed by atoms with Gasteiger partial charge in [-0.25, -0.2) is 8.42 Å². The smallest absolute Gasteiger partial charge is 0.262 e. The molecule has 35 heavy (non-hydrogen) atoms. The molecule has 0 bridgehead atoms. The number of benzene rings is 2. The van der Waals surface area contributed by atoms with Gasteiger partial charge >= 0.3 is 0 Å². The number of nitrogens with one attached hydrogen (secondary N) is 1. The number of hydrogen-bond donors (Lipinski definition) is 1. The highest BCUT2D eigenvalue weighted by molar-refractivity contribution is 7.92. The number of rotatable bonds is 10. The molecule has 0 spiro atoms. The molecule has 3 aromatic rings. The largest absolute Gasteiger partial charge is 0.306 e. The first-order valence-corrected chi connectivity index (χ1v) is 14.2. The van der Waals surface area contributed by atoms with Gasteiger partial charge in [0.25, 0.3) is 10.0 Å². The zero-order valence-electron chi connectivity index (χ0n) is 21.2. The Balaban J connectivity index is 1.35. The van der Waals surface area contributed by atoms with Crippen LogP contribution in [0.25, 0.3) is 0 Å². The van der Waals surface area contributed by atoms with Gasteiger partial charge in [0.2, 0.25) is 0 Å². The van der Waals surface area contributed by atoms with Crippen molar-refractivity contribution in [1.29, 1.82) is 0 Å². The number of aryl methyl sites for hydroxylation is 2. The Morgan fingerprint density at radius 2 is 1.63 bits per heavy atom. The van der Waals surface area contributed by atoms with Gasteiger partial charge in [-0.05, 0) is 81.9 Å². The fourth-order valence-corrected chi connectivity index (χ4v) is 6.01. The third-order valence-corrected chi connectivity index (χ3v) is 8.62. The molecular weight excluding hydrogens is 456 g/mol. The van der Waals surface area contributed by atoms with Gasteiger partial charge in [-0.2, -0.15) is 5.10 Å². The van der Waals surface area contributed by atoms with Crippen molar-refractivity contribution in [3.63, 3.8) is 0 Å². The molecular formula is C28H38N4O2S. The minimum atomic E-state index is -3.71. The highest BCUT2D eigenvalue weighted by atomic mass is 32.2. The standard InChI is InChI=1S/C28H38N4O2S/c1-22-28(27(29-32(22)3)21-25-11-5-4-6-12-25)30-35(33,34)26-15-13-23(14-16-26)9-7-8-10-24-17-19-31(2)20-18-24/h4-6,11-16,24,30H,7-10,17-21H2,1-3H3. The molecule has 0 atom stereocenters. The number of sulfonamides is 1. The summed E-state index contributed by atoms with van der Waals surface area (Å²) in [4.78, 5) is 2.70. The number of aromatic nitrogens is 2. The topological polar surface area (TPSA) is 67.2 Å². The maximum atomic E-state index is 13.2. The second kappa shape index (κ2) is 11.4. The first-order chi connectivity index (χ1) is 16.8. The Kier molecular flexibility index (Phi) is 8.29. The van der Waals surface area contributed by atoms with Crippen molar-refractivity contribution in [3.8, 4) is 0 Å². The van der Waals surface area contributed by atoms with Gasteiger partial charge in [0.15, 0.2) is 0 Å². The predicted octanol–water partition coefficient (Wildman–Crippen LogP) is 5.17. The molecule has 7 heteroatoms. The molecule has 188 valence electrons. The molecule has 1 fully saturated rings. The van der Waals surface area contributed by atoms with Crippen LogP contribution in [0.2, 0.25) is 0 Å². The van der Waals surface area contributed by atoms with Crippen LogP contribution in [0.4, 0.5) is 5.69 Å². The lowest BCUT2D eigenvalue weighted by atomic mass is 9.91. The number of piperidine rings is 1. The average Bonchev–Trinajstić information content (AvgIpc) is 3.11. The molecule has 0 saturated carbocycles. The fraction of sp³-hybridized carbons (Fsp3) is 0.464. The summed E-state index contributed by atoms with van der Waals surface area (Å²) in [5.41, 5.74) is 4.36. The molecule has 1 aromatic heterocycles. The van der Waals surface area contributed by atoms with Gasteiger partial charge < -0.3 is 4.90 Å². The average molecular weight is 495 g/mol. The van der Waals surface area contributed by atoms with Crippen LogP contribution in [0.15, 0.2) is 59.5 Å². The minimum Gasteiger partial charge on any atom is -0.306 e. The Hall–Kier alpha value is -2.64. The van der Waals surface area contributed by atoms with E-state index in [2.05, 4.69) is 21.8 Å². The summed E-state index contributed by atoms with van der Waals surface area (Å²) < 4.78 is 30.9. The second-order valence-electron chi connectivity index (χ2n) is 9.93. The summed E-state index contributed by atoms with van der Waals surface area (Å²) in [7, 11) is 0.336. The Morgan fingerprint density at radius 1 is 0.943 bits per heavy atom. The molecule has 1 N–H and O–H groups in total. The van der Waals surface area contributed by atoms with E-state index in [1.165, 1.54) is 44.3 Å². The van der Waals surface area contributed by atoms with E-state index < -0.39 is 10.0 Å². The Bertz CT molecular complexity index is 1200. The monoisotopic (exact) mass is 494 g/mol. The van der Waals surface area contributed by atoms with Crippen molar-refractivity contribution in [2.75, 3.05) is 24.9 Å². The third-order valence-electron chi connectivity index (χ3n) is 7.26. The lowest BCUT2D eigenvalue weighted by molar-refractivity contribution is 0.210. The van der Waals surface area contributed by atoms with Gasteiger partial charge in [0.1, 0.15) is 0 Å². The van der Waals surface area contributed by atoms with Gasteiger partial charge in [-0.1, -0.05) is 55.3 Å². The minimum absolute atomic E-state index is 0.279. The van der Waals surface area contributed by atoms with Gasteiger partial charge in [0, 0.05) is 13.5 Å². The lowest BCUT2D eigenvalue weighted by Gasteiger charge is -2.28. The second-order valence-corrected chi connectivity index (χ2v) is 11.6. The molecule has 0 radical (unpaired) electrons. The third kappa shape index (κ3) is 6.73. The quantitative estimate of drug-likeness (QED) is 0.395. The molecule has 6 nitrogen and oxygen atoms in total. The molecule has 0 aliphatic carbocycles. The molecule has 1 aliphatic rings. The van der Waals surface area contributed by atoms with Gasteiger partial charge in [-0.3, -0.25) is 9.40 Å². The molecule has 1 aliphatic heterocycles. The van der Waals surface area contributed by atoms with E-state index in [9.17, 15) is 8.42 Å². The van der Waals surface area contributed by atoms with Crippen molar-refractivity contribution in [2.45, 2.75) is 56.8 Å². The summed E-state index contributed by atoms with van der Waals surface area (Å²) in [5, 5.41) is 4.56. The number of unbranched alkanes of at least 4 members (excludes halogenated alkanes) is 1. The fourth-order valence-electron chi connectivity index (χ4n) is 4.86.